The summed E-state index contributed by atoms with van der Waals surface area (Å²) in [7, 11) is -1.21. The molecule has 0 aromatic rings. The molecule has 1 saturated carbocycles. The highest BCUT2D eigenvalue weighted by Gasteiger charge is 2.41. The monoisotopic (exact) mass is 190 g/mol. The third-order valence-electron chi connectivity index (χ3n) is 2.01. The van der Waals surface area contributed by atoms with Gasteiger partial charge < -0.3 is 5.11 Å². The Kier molecular flexibility index (Phi) is 2.88. The van der Waals surface area contributed by atoms with Crippen LogP contribution in [-0.4, -0.2) is 25.8 Å². The van der Waals surface area contributed by atoms with Crippen LogP contribution in [0.3, 0.4) is 0 Å². The molecule has 2 unspecified atom stereocenters. The van der Waals surface area contributed by atoms with Crippen molar-refractivity contribution < 1.29 is 14.1 Å². The van der Waals surface area contributed by atoms with E-state index in [4.69, 9.17) is 5.11 Å². The Morgan fingerprint density at radius 1 is 1.50 bits per heavy atom. The predicted molar refractivity (Wildman–Crippen MR) is 47.4 cm³/mol. The van der Waals surface area contributed by atoms with E-state index >= 15 is 0 Å². The second-order valence-corrected chi connectivity index (χ2v) is 5.58. The minimum Gasteiger partial charge on any atom is -0.480 e. The molecule has 70 valence electrons. The van der Waals surface area contributed by atoms with Crippen molar-refractivity contribution in [1.82, 2.24) is 0 Å². The molecule has 1 aliphatic rings. The first-order chi connectivity index (χ1) is 5.54. The minimum absolute atomic E-state index is 0.0494. The maximum Gasteiger partial charge on any atom is 0.319 e. The number of carbonyl (C=O) groups is 1. The van der Waals surface area contributed by atoms with Crippen molar-refractivity contribution in [3.63, 3.8) is 0 Å². The standard InChI is InChI=1S/C8H14O3S/c1-5(2)12(11)7(8(9)10)6-3-4-6/h5-7H,3-4H2,1-2H3,(H,9,10). The third-order valence-corrected chi connectivity index (χ3v) is 4.02. The van der Waals surface area contributed by atoms with Gasteiger partial charge in [-0.15, -0.1) is 0 Å². The van der Waals surface area contributed by atoms with Gasteiger partial charge in [-0.1, -0.05) is 13.8 Å². The lowest BCUT2D eigenvalue weighted by molar-refractivity contribution is -0.136. The van der Waals surface area contributed by atoms with Crippen LogP contribution in [0.5, 0.6) is 0 Å². The molecule has 2 atom stereocenters. The van der Waals surface area contributed by atoms with Crippen molar-refractivity contribution in [3.8, 4) is 0 Å². The predicted octanol–water partition coefficient (Wildman–Crippen LogP) is 1.01. The molecule has 1 aliphatic carbocycles. The molecule has 0 spiro atoms. The molecular formula is C8H14O3S. The number of carboxylic acids is 1. The summed E-state index contributed by atoms with van der Waals surface area (Å²) in [5.74, 6) is -0.727. The maximum absolute atomic E-state index is 11.5. The summed E-state index contributed by atoms with van der Waals surface area (Å²) < 4.78 is 11.5. The molecule has 0 amide bonds. The molecule has 0 aromatic carbocycles. The number of hydrogen-bond acceptors (Lipinski definition) is 2. The Morgan fingerprint density at radius 2 is 2.00 bits per heavy atom. The SMILES string of the molecule is CC(C)S(=O)C(C(=O)O)C1CC1. The first-order valence-electron chi connectivity index (χ1n) is 4.16. The third kappa shape index (κ3) is 2.06. The molecule has 0 saturated heterocycles. The summed E-state index contributed by atoms with van der Waals surface area (Å²) in [5, 5.41) is 8.14. The van der Waals surface area contributed by atoms with Crippen molar-refractivity contribution in [2.24, 2.45) is 5.92 Å². The van der Waals surface area contributed by atoms with Gasteiger partial charge >= 0.3 is 5.97 Å². The van der Waals surface area contributed by atoms with E-state index < -0.39 is 22.0 Å². The Morgan fingerprint density at radius 3 is 2.25 bits per heavy atom. The van der Waals surface area contributed by atoms with Gasteiger partial charge in [-0.25, -0.2) is 0 Å². The molecule has 0 bridgehead atoms. The number of carboxylic acid groups (broad SMARTS) is 1. The molecule has 0 aromatic heterocycles. The van der Waals surface area contributed by atoms with Crippen LogP contribution in [0.4, 0.5) is 0 Å². The van der Waals surface area contributed by atoms with Crippen molar-refractivity contribution in [2.45, 2.75) is 37.2 Å². The topological polar surface area (TPSA) is 54.4 Å². The largest absolute Gasteiger partial charge is 0.480 e. The zero-order valence-corrected chi connectivity index (χ0v) is 8.13. The van der Waals surface area contributed by atoms with Crippen LogP contribution in [0.1, 0.15) is 26.7 Å². The van der Waals surface area contributed by atoms with Gasteiger partial charge in [-0.3, -0.25) is 9.00 Å². The molecule has 1 rings (SSSR count). The van der Waals surface area contributed by atoms with Crippen molar-refractivity contribution in [3.05, 3.63) is 0 Å². The van der Waals surface area contributed by atoms with Crippen LogP contribution >= 0.6 is 0 Å². The van der Waals surface area contributed by atoms with Gasteiger partial charge in [-0.05, 0) is 18.8 Å². The quantitative estimate of drug-likeness (QED) is 0.719. The summed E-state index contributed by atoms with van der Waals surface area (Å²) in [5.41, 5.74) is 0. The van der Waals surface area contributed by atoms with Crippen LogP contribution in [0.2, 0.25) is 0 Å². The van der Waals surface area contributed by atoms with Gasteiger partial charge in [-0.2, -0.15) is 0 Å². The van der Waals surface area contributed by atoms with E-state index in [9.17, 15) is 9.00 Å². The Labute approximate surface area is 74.6 Å². The van der Waals surface area contributed by atoms with Crippen LogP contribution < -0.4 is 0 Å². The molecular weight excluding hydrogens is 176 g/mol. The molecule has 0 radical (unpaired) electrons. The normalized spacial score (nSPS) is 22.2. The van der Waals surface area contributed by atoms with E-state index in [0.717, 1.165) is 12.8 Å². The minimum atomic E-state index is -1.21. The van der Waals surface area contributed by atoms with Crippen LogP contribution in [-0.2, 0) is 15.6 Å². The van der Waals surface area contributed by atoms with Gasteiger partial charge in [0.25, 0.3) is 0 Å². The highest BCUT2D eigenvalue weighted by molar-refractivity contribution is 7.87. The van der Waals surface area contributed by atoms with Crippen LogP contribution in [0.15, 0.2) is 0 Å². The molecule has 1 N–H and O–H groups in total. The lowest BCUT2D eigenvalue weighted by Crippen LogP contribution is -2.31. The number of aliphatic carboxylic acids is 1. The van der Waals surface area contributed by atoms with Crippen LogP contribution in [0, 0.1) is 5.92 Å². The molecule has 0 heterocycles. The zero-order chi connectivity index (χ0) is 9.30. The summed E-state index contributed by atoms with van der Waals surface area (Å²) in [4.78, 5) is 10.7. The summed E-state index contributed by atoms with van der Waals surface area (Å²) >= 11 is 0. The van der Waals surface area contributed by atoms with Crippen molar-refractivity contribution in [2.75, 3.05) is 0 Å². The fraction of sp³-hybridized carbons (Fsp3) is 0.875. The maximum atomic E-state index is 11.5. The van der Waals surface area contributed by atoms with E-state index in [1.165, 1.54) is 0 Å². The van der Waals surface area contributed by atoms with E-state index in [-0.39, 0.29) is 11.2 Å². The van der Waals surface area contributed by atoms with Gasteiger partial charge in [0, 0.05) is 16.0 Å². The van der Waals surface area contributed by atoms with Gasteiger partial charge in [0.15, 0.2) is 0 Å². The Bertz CT molecular complexity index is 208. The van der Waals surface area contributed by atoms with Crippen LogP contribution in [0.25, 0.3) is 0 Å². The highest BCUT2D eigenvalue weighted by atomic mass is 32.2. The summed E-state index contributed by atoms with van der Waals surface area (Å²) in [6.07, 6.45) is 1.85. The molecule has 1 fully saturated rings. The summed E-state index contributed by atoms with van der Waals surface area (Å²) in [6, 6.07) is 0. The van der Waals surface area contributed by atoms with Crippen molar-refractivity contribution >= 4 is 16.8 Å². The lowest BCUT2D eigenvalue weighted by atomic mass is 10.3. The van der Waals surface area contributed by atoms with Gasteiger partial charge in [0.1, 0.15) is 5.25 Å². The molecule has 3 nitrogen and oxygen atoms in total. The summed E-state index contributed by atoms with van der Waals surface area (Å²) in [6.45, 7) is 3.60. The Hall–Kier alpha value is -0.380. The first kappa shape index (κ1) is 9.71. The van der Waals surface area contributed by atoms with E-state index in [2.05, 4.69) is 0 Å². The number of hydrogen-bond donors (Lipinski definition) is 1. The first-order valence-corrected chi connectivity index (χ1v) is 5.44. The fourth-order valence-electron chi connectivity index (χ4n) is 1.18. The molecule has 12 heavy (non-hydrogen) atoms. The molecule has 0 aliphatic heterocycles. The van der Waals surface area contributed by atoms with Gasteiger partial charge in [0.2, 0.25) is 0 Å². The Balaban J connectivity index is 2.64. The number of rotatable bonds is 4. The second-order valence-electron chi connectivity index (χ2n) is 3.47. The van der Waals surface area contributed by atoms with E-state index in [0.29, 0.717) is 0 Å². The average molecular weight is 190 g/mol. The smallest absolute Gasteiger partial charge is 0.319 e. The zero-order valence-electron chi connectivity index (χ0n) is 7.32. The second kappa shape index (κ2) is 3.56. The fourth-order valence-corrected chi connectivity index (χ4v) is 2.62. The van der Waals surface area contributed by atoms with E-state index in [1.807, 2.05) is 0 Å². The molecule has 4 heteroatoms. The highest BCUT2D eigenvalue weighted by Crippen LogP contribution is 2.36. The van der Waals surface area contributed by atoms with Crippen molar-refractivity contribution in [1.29, 1.82) is 0 Å². The average Bonchev–Trinajstić information content (AvgIpc) is 2.70. The van der Waals surface area contributed by atoms with E-state index in [1.54, 1.807) is 13.8 Å². The van der Waals surface area contributed by atoms with Gasteiger partial charge in [0.05, 0.1) is 0 Å². The lowest BCUT2D eigenvalue weighted by Gasteiger charge is -2.13.